The minimum absolute atomic E-state index is 0.0796. The van der Waals surface area contributed by atoms with Crippen molar-refractivity contribution >= 4 is 29.1 Å². The molecule has 2 heterocycles. The second kappa shape index (κ2) is 6.68. The molecule has 1 fully saturated rings. The maximum absolute atomic E-state index is 11.7. The molecule has 0 radical (unpaired) electrons. The van der Waals surface area contributed by atoms with Crippen LogP contribution in [-0.2, 0) is 9.59 Å². The molecule has 0 aliphatic carbocycles. The zero-order valence-corrected chi connectivity index (χ0v) is 12.4. The highest BCUT2D eigenvalue weighted by atomic mass is 32.1. The number of carboxylic acid groups (broad SMARTS) is 1. The summed E-state index contributed by atoms with van der Waals surface area (Å²) in [7, 11) is 0. The van der Waals surface area contributed by atoms with Crippen LogP contribution < -0.4 is 10.9 Å². The van der Waals surface area contributed by atoms with E-state index in [1.807, 2.05) is 4.90 Å². The molecule has 0 saturated carbocycles. The first kappa shape index (κ1) is 15.5. The minimum atomic E-state index is -0.813. The van der Waals surface area contributed by atoms with E-state index in [2.05, 4.69) is 10.9 Å². The third-order valence-electron chi connectivity index (χ3n) is 3.51. The van der Waals surface area contributed by atoms with Gasteiger partial charge in [-0.3, -0.25) is 30.1 Å². The predicted octanol–water partition coefficient (Wildman–Crippen LogP) is 0.162. The quantitative estimate of drug-likeness (QED) is 0.673. The molecule has 1 aliphatic rings. The van der Waals surface area contributed by atoms with E-state index in [1.165, 1.54) is 11.3 Å². The number of carboxylic acids is 1. The summed E-state index contributed by atoms with van der Waals surface area (Å²) >= 11 is 1.29. The summed E-state index contributed by atoms with van der Waals surface area (Å²) in [6.07, 6.45) is 0. The van der Waals surface area contributed by atoms with Crippen LogP contribution in [0.2, 0.25) is 0 Å². The van der Waals surface area contributed by atoms with Gasteiger partial charge in [-0.1, -0.05) is 13.0 Å². The number of hydrazine groups is 1. The smallest absolute Gasteiger partial charge is 0.306 e. The average molecular weight is 311 g/mol. The number of hydrogen-bond donors (Lipinski definition) is 3. The number of nitrogens with one attached hydrogen (secondary N) is 2. The van der Waals surface area contributed by atoms with Crippen LogP contribution >= 0.6 is 11.3 Å². The number of aliphatic carboxylic acids is 1. The Hall–Kier alpha value is -1.93. The van der Waals surface area contributed by atoms with Crippen LogP contribution in [0.4, 0.5) is 0 Å². The SMILES string of the molecule is CC(C(=O)O)C1CN(CC(=O)NNC(=O)c2cccs2)C1. The van der Waals surface area contributed by atoms with Gasteiger partial charge in [0.1, 0.15) is 0 Å². The van der Waals surface area contributed by atoms with Gasteiger partial charge >= 0.3 is 5.97 Å². The molecule has 1 saturated heterocycles. The van der Waals surface area contributed by atoms with Crippen molar-refractivity contribution in [1.29, 1.82) is 0 Å². The van der Waals surface area contributed by atoms with E-state index in [1.54, 1.807) is 24.4 Å². The molecular formula is C13H17N3O4S. The maximum Gasteiger partial charge on any atom is 0.306 e. The highest BCUT2D eigenvalue weighted by Gasteiger charge is 2.35. The summed E-state index contributed by atoms with van der Waals surface area (Å²) < 4.78 is 0. The predicted molar refractivity (Wildman–Crippen MR) is 76.7 cm³/mol. The Balaban J connectivity index is 1.65. The molecule has 1 aromatic rings. The Morgan fingerprint density at radius 3 is 2.71 bits per heavy atom. The van der Waals surface area contributed by atoms with Crippen LogP contribution in [0.25, 0.3) is 0 Å². The summed E-state index contributed by atoms with van der Waals surface area (Å²) in [5, 5.41) is 10.7. The number of hydrogen-bond acceptors (Lipinski definition) is 5. The van der Waals surface area contributed by atoms with Crippen molar-refractivity contribution in [3.8, 4) is 0 Å². The van der Waals surface area contributed by atoms with Gasteiger partial charge in [0, 0.05) is 13.1 Å². The second-order valence-corrected chi connectivity index (χ2v) is 6.01. The Morgan fingerprint density at radius 2 is 2.14 bits per heavy atom. The molecule has 8 heteroatoms. The fourth-order valence-corrected chi connectivity index (χ4v) is 2.71. The van der Waals surface area contributed by atoms with Crippen molar-refractivity contribution in [2.45, 2.75) is 6.92 Å². The van der Waals surface area contributed by atoms with Crippen molar-refractivity contribution in [2.24, 2.45) is 11.8 Å². The number of amides is 2. The molecule has 0 spiro atoms. The number of thiophene rings is 1. The van der Waals surface area contributed by atoms with Gasteiger partial charge in [-0.25, -0.2) is 0 Å². The molecule has 1 atom stereocenters. The summed E-state index contributed by atoms with van der Waals surface area (Å²) in [5.74, 6) is -1.80. The van der Waals surface area contributed by atoms with Crippen LogP contribution in [0.15, 0.2) is 17.5 Å². The van der Waals surface area contributed by atoms with Crippen molar-refractivity contribution in [3.05, 3.63) is 22.4 Å². The summed E-state index contributed by atoms with van der Waals surface area (Å²) in [5.41, 5.74) is 4.69. The average Bonchev–Trinajstić information content (AvgIpc) is 2.92. The molecule has 7 nitrogen and oxygen atoms in total. The largest absolute Gasteiger partial charge is 0.481 e. The number of carbonyl (C=O) groups excluding carboxylic acids is 2. The van der Waals surface area contributed by atoms with Crippen molar-refractivity contribution < 1.29 is 19.5 Å². The van der Waals surface area contributed by atoms with Gasteiger partial charge in [0.25, 0.3) is 11.8 Å². The monoisotopic (exact) mass is 311 g/mol. The van der Waals surface area contributed by atoms with Gasteiger partial charge in [0.05, 0.1) is 17.3 Å². The van der Waals surface area contributed by atoms with Gasteiger partial charge in [0.2, 0.25) is 0 Å². The molecule has 3 N–H and O–H groups in total. The Morgan fingerprint density at radius 1 is 1.43 bits per heavy atom. The van der Waals surface area contributed by atoms with Crippen molar-refractivity contribution in [1.82, 2.24) is 15.8 Å². The third-order valence-corrected chi connectivity index (χ3v) is 4.38. The normalized spacial score (nSPS) is 16.8. The van der Waals surface area contributed by atoms with Gasteiger partial charge in [-0.15, -0.1) is 11.3 Å². The van der Waals surface area contributed by atoms with E-state index in [0.29, 0.717) is 18.0 Å². The lowest BCUT2D eigenvalue weighted by atomic mass is 9.87. The third kappa shape index (κ3) is 4.02. The highest BCUT2D eigenvalue weighted by Crippen LogP contribution is 2.23. The van der Waals surface area contributed by atoms with E-state index in [9.17, 15) is 14.4 Å². The molecule has 114 valence electrons. The van der Waals surface area contributed by atoms with E-state index < -0.39 is 11.9 Å². The highest BCUT2D eigenvalue weighted by molar-refractivity contribution is 7.12. The first-order valence-corrected chi connectivity index (χ1v) is 7.43. The lowest BCUT2D eigenvalue weighted by Crippen LogP contribution is -2.55. The first-order valence-electron chi connectivity index (χ1n) is 6.55. The lowest BCUT2D eigenvalue weighted by Gasteiger charge is -2.40. The second-order valence-electron chi connectivity index (χ2n) is 5.06. The molecule has 1 unspecified atom stereocenters. The summed E-state index contributed by atoms with van der Waals surface area (Å²) in [6.45, 7) is 2.98. The minimum Gasteiger partial charge on any atom is -0.481 e. The zero-order valence-electron chi connectivity index (χ0n) is 11.5. The summed E-state index contributed by atoms with van der Waals surface area (Å²) in [4.78, 5) is 36.4. The maximum atomic E-state index is 11.7. The van der Waals surface area contributed by atoms with Crippen LogP contribution in [-0.4, -0.2) is 47.4 Å². The number of rotatable bonds is 5. The fourth-order valence-electron chi connectivity index (χ4n) is 2.10. The molecule has 0 aromatic carbocycles. The topological polar surface area (TPSA) is 98.7 Å². The number of nitrogens with zero attached hydrogens (tertiary/aromatic N) is 1. The molecular weight excluding hydrogens is 294 g/mol. The van der Waals surface area contributed by atoms with Crippen LogP contribution in [0.5, 0.6) is 0 Å². The number of carbonyl (C=O) groups is 3. The molecule has 1 aromatic heterocycles. The number of likely N-dealkylation sites (tertiary alicyclic amines) is 1. The Kier molecular flexibility index (Phi) is 4.92. The lowest BCUT2D eigenvalue weighted by molar-refractivity contribution is -0.145. The fraction of sp³-hybridized carbons (Fsp3) is 0.462. The van der Waals surface area contributed by atoms with Crippen LogP contribution in [0, 0.1) is 11.8 Å². The molecule has 21 heavy (non-hydrogen) atoms. The zero-order chi connectivity index (χ0) is 15.4. The standard InChI is InChI=1S/C13H17N3O4S/c1-8(13(19)20)9-5-16(6-9)7-11(17)14-15-12(18)10-3-2-4-21-10/h2-4,8-9H,5-7H2,1H3,(H,14,17)(H,15,18)(H,19,20). The van der Waals surface area contributed by atoms with Crippen molar-refractivity contribution in [2.75, 3.05) is 19.6 Å². The van der Waals surface area contributed by atoms with Crippen LogP contribution in [0.1, 0.15) is 16.6 Å². The van der Waals surface area contributed by atoms with Gasteiger partial charge < -0.3 is 5.11 Å². The Bertz CT molecular complexity index is 526. The molecule has 2 rings (SSSR count). The first-order chi connectivity index (χ1) is 9.97. The van der Waals surface area contributed by atoms with E-state index in [4.69, 9.17) is 5.11 Å². The van der Waals surface area contributed by atoms with E-state index in [0.717, 1.165) is 0 Å². The van der Waals surface area contributed by atoms with E-state index >= 15 is 0 Å². The van der Waals surface area contributed by atoms with Crippen molar-refractivity contribution in [3.63, 3.8) is 0 Å². The van der Waals surface area contributed by atoms with Gasteiger partial charge in [0.15, 0.2) is 0 Å². The molecule has 1 aliphatic heterocycles. The molecule has 0 bridgehead atoms. The van der Waals surface area contributed by atoms with Gasteiger partial charge in [-0.05, 0) is 17.4 Å². The summed E-state index contributed by atoms with van der Waals surface area (Å²) in [6, 6.07) is 3.42. The Labute approximate surface area is 125 Å². The van der Waals surface area contributed by atoms with Crippen LogP contribution in [0.3, 0.4) is 0 Å². The van der Waals surface area contributed by atoms with Gasteiger partial charge in [-0.2, -0.15) is 0 Å². The molecule has 2 amide bonds. The van der Waals surface area contributed by atoms with E-state index in [-0.39, 0.29) is 24.3 Å².